The van der Waals surface area contributed by atoms with Crippen LogP contribution in [0.4, 0.5) is 39.5 Å². The number of methoxy groups -OCH3 is 1. The van der Waals surface area contributed by atoms with Crippen LogP contribution in [0.2, 0.25) is 0 Å². The molecule has 0 N–H and O–H groups in total. The zero-order valence-electron chi connectivity index (χ0n) is 15.2. The SMILES string of the molecule is C=C(C(=O)OC)C(F)(F)F.CC(CC1CC2CCC1C2)(C(F)(F)F)C(F)(F)F. The molecular weight excluding hydrogens is 407 g/mol. The highest BCUT2D eigenvalue weighted by Crippen LogP contribution is 2.59. The molecule has 0 amide bonds. The lowest BCUT2D eigenvalue weighted by Gasteiger charge is -2.37. The summed E-state index contributed by atoms with van der Waals surface area (Å²) in [4.78, 5) is 10.1. The third-order valence-corrected chi connectivity index (χ3v) is 5.58. The first-order valence-electron chi connectivity index (χ1n) is 8.42. The van der Waals surface area contributed by atoms with Crippen molar-refractivity contribution in [1.29, 1.82) is 0 Å². The fraction of sp³-hybridized carbons (Fsp3) is 0.824. The van der Waals surface area contributed by atoms with Gasteiger partial charge in [0, 0.05) is 0 Å². The minimum Gasteiger partial charge on any atom is -0.465 e. The van der Waals surface area contributed by atoms with E-state index < -0.39 is 47.8 Å². The normalized spacial score (nSPS) is 25.2. The number of ether oxygens (including phenoxy) is 1. The molecule has 0 heterocycles. The van der Waals surface area contributed by atoms with Crippen LogP contribution in [0.25, 0.3) is 0 Å². The van der Waals surface area contributed by atoms with E-state index in [1.165, 1.54) is 0 Å². The summed E-state index contributed by atoms with van der Waals surface area (Å²) in [6.07, 6.45) is -12.8. The van der Waals surface area contributed by atoms with E-state index in [0.29, 0.717) is 19.3 Å². The first-order chi connectivity index (χ1) is 12.4. The molecule has 2 aliphatic carbocycles. The molecule has 164 valence electrons. The Balaban J connectivity index is 0.000000336. The van der Waals surface area contributed by atoms with Crippen molar-refractivity contribution in [3.63, 3.8) is 0 Å². The molecule has 2 saturated carbocycles. The van der Waals surface area contributed by atoms with Crippen molar-refractivity contribution in [2.75, 3.05) is 7.11 Å². The first-order valence-corrected chi connectivity index (χ1v) is 8.42. The summed E-state index contributed by atoms with van der Waals surface area (Å²) in [6.45, 7) is 2.80. The van der Waals surface area contributed by atoms with Crippen molar-refractivity contribution in [3.8, 4) is 0 Å². The monoisotopic (exact) mass is 428 g/mol. The van der Waals surface area contributed by atoms with Crippen molar-refractivity contribution in [2.45, 2.75) is 57.6 Å². The van der Waals surface area contributed by atoms with Crippen molar-refractivity contribution >= 4 is 5.97 Å². The van der Waals surface area contributed by atoms with Crippen molar-refractivity contribution in [2.24, 2.45) is 23.2 Å². The number of hydrogen-bond donors (Lipinski definition) is 0. The Morgan fingerprint density at radius 1 is 0.964 bits per heavy atom. The van der Waals surface area contributed by atoms with E-state index in [1.54, 1.807) is 0 Å². The summed E-state index contributed by atoms with van der Waals surface area (Å²) in [7, 11) is 0.860. The second kappa shape index (κ2) is 8.14. The Bertz CT molecular complexity index is 561. The zero-order chi connectivity index (χ0) is 22.1. The summed E-state index contributed by atoms with van der Waals surface area (Å²) >= 11 is 0. The van der Waals surface area contributed by atoms with Gasteiger partial charge in [0.05, 0.1) is 7.11 Å². The number of carbonyl (C=O) groups excluding carboxylic acids is 1. The Hall–Kier alpha value is -1.42. The number of carbonyl (C=O) groups is 1. The maximum atomic E-state index is 12.8. The third kappa shape index (κ3) is 5.34. The van der Waals surface area contributed by atoms with Gasteiger partial charge in [0.2, 0.25) is 0 Å². The summed E-state index contributed by atoms with van der Waals surface area (Å²) < 4.78 is 115. The lowest BCUT2D eigenvalue weighted by Crippen LogP contribution is -2.49. The number of fused-ring (bicyclic) bond motifs is 2. The molecule has 2 aliphatic rings. The van der Waals surface area contributed by atoms with Gasteiger partial charge < -0.3 is 4.74 Å². The smallest absolute Gasteiger partial charge is 0.422 e. The van der Waals surface area contributed by atoms with Gasteiger partial charge in [-0.25, -0.2) is 4.79 Å². The molecule has 0 aliphatic heterocycles. The largest absolute Gasteiger partial charge is 0.465 e. The van der Waals surface area contributed by atoms with E-state index in [1.807, 2.05) is 0 Å². The van der Waals surface area contributed by atoms with Gasteiger partial charge >= 0.3 is 24.5 Å². The average molecular weight is 428 g/mol. The maximum Gasteiger partial charge on any atom is 0.422 e. The minimum atomic E-state index is -5.23. The Morgan fingerprint density at radius 2 is 1.46 bits per heavy atom. The molecule has 0 saturated heterocycles. The topological polar surface area (TPSA) is 26.3 Å². The van der Waals surface area contributed by atoms with Crippen LogP contribution < -0.4 is 0 Å². The Labute approximate surface area is 156 Å². The lowest BCUT2D eigenvalue weighted by atomic mass is 9.74. The molecule has 2 fully saturated rings. The summed E-state index contributed by atoms with van der Waals surface area (Å²) in [6, 6.07) is 0. The third-order valence-electron chi connectivity index (χ3n) is 5.58. The van der Waals surface area contributed by atoms with Gasteiger partial charge in [0.1, 0.15) is 5.57 Å². The fourth-order valence-corrected chi connectivity index (χ4v) is 3.78. The zero-order valence-corrected chi connectivity index (χ0v) is 15.2. The number of esters is 1. The average Bonchev–Trinajstić information content (AvgIpc) is 3.13. The summed E-state index contributed by atoms with van der Waals surface area (Å²) in [5, 5.41) is 0. The van der Waals surface area contributed by atoms with Crippen LogP contribution in [0.15, 0.2) is 12.2 Å². The van der Waals surface area contributed by atoms with Gasteiger partial charge in [0.25, 0.3) is 0 Å². The van der Waals surface area contributed by atoms with Crippen LogP contribution in [-0.2, 0) is 9.53 Å². The van der Waals surface area contributed by atoms with Gasteiger partial charge in [-0.05, 0) is 50.4 Å². The van der Waals surface area contributed by atoms with Crippen LogP contribution >= 0.6 is 0 Å². The van der Waals surface area contributed by atoms with Crippen LogP contribution in [0.3, 0.4) is 0 Å². The molecule has 0 aromatic heterocycles. The van der Waals surface area contributed by atoms with Crippen molar-refractivity contribution in [1.82, 2.24) is 0 Å². The van der Waals surface area contributed by atoms with Gasteiger partial charge in [-0.2, -0.15) is 39.5 Å². The number of halogens is 9. The van der Waals surface area contributed by atoms with E-state index in [0.717, 1.165) is 26.4 Å². The highest BCUT2D eigenvalue weighted by molar-refractivity contribution is 5.88. The number of alkyl halides is 9. The van der Waals surface area contributed by atoms with E-state index in [4.69, 9.17) is 0 Å². The predicted octanol–water partition coefficient (Wildman–Crippen LogP) is 6.22. The van der Waals surface area contributed by atoms with Gasteiger partial charge in [-0.15, -0.1) is 0 Å². The van der Waals surface area contributed by atoms with Crippen LogP contribution in [0.5, 0.6) is 0 Å². The quantitative estimate of drug-likeness (QED) is 0.303. The molecular formula is C17H21F9O2. The van der Waals surface area contributed by atoms with Crippen molar-refractivity contribution in [3.05, 3.63) is 12.2 Å². The summed E-state index contributed by atoms with van der Waals surface area (Å²) in [5.74, 6) is -1.45. The maximum absolute atomic E-state index is 12.8. The standard InChI is InChI=1S/C12H16F6.C5H5F3O2/c1-10(11(13,14)15,12(16,17)18)6-9-5-7-2-3-8(9)4-7;1-3(4(9)10-2)5(6,7)8/h7-9H,2-6H2,1H3;1H2,2H3. The van der Waals surface area contributed by atoms with Crippen LogP contribution in [0.1, 0.15) is 39.0 Å². The second-order valence-electron chi connectivity index (χ2n) is 7.43. The molecule has 3 unspecified atom stereocenters. The second-order valence-corrected chi connectivity index (χ2v) is 7.43. The van der Waals surface area contributed by atoms with E-state index in [-0.39, 0.29) is 5.92 Å². The minimum absolute atomic E-state index is 0.0685. The lowest BCUT2D eigenvalue weighted by molar-refractivity contribution is -0.340. The Kier molecular flexibility index (Phi) is 7.15. The molecule has 2 bridgehead atoms. The number of hydrogen-bond acceptors (Lipinski definition) is 2. The molecule has 2 nitrogen and oxygen atoms in total. The molecule has 28 heavy (non-hydrogen) atoms. The highest BCUT2D eigenvalue weighted by atomic mass is 19.4. The highest BCUT2D eigenvalue weighted by Gasteiger charge is 2.68. The van der Waals surface area contributed by atoms with E-state index in [9.17, 15) is 44.3 Å². The Morgan fingerprint density at radius 3 is 1.71 bits per heavy atom. The van der Waals surface area contributed by atoms with Gasteiger partial charge in [0.15, 0.2) is 5.41 Å². The molecule has 3 atom stereocenters. The molecule has 2 rings (SSSR count). The van der Waals surface area contributed by atoms with Crippen LogP contribution in [0, 0.1) is 23.2 Å². The van der Waals surface area contributed by atoms with Crippen molar-refractivity contribution < 1.29 is 49.0 Å². The van der Waals surface area contributed by atoms with Crippen LogP contribution in [-0.4, -0.2) is 31.6 Å². The first kappa shape index (κ1) is 24.6. The van der Waals surface area contributed by atoms with Gasteiger partial charge in [-0.3, -0.25) is 0 Å². The predicted molar refractivity (Wildman–Crippen MR) is 81.0 cm³/mol. The molecule has 0 aromatic rings. The van der Waals surface area contributed by atoms with E-state index in [2.05, 4.69) is 11.3 Å². The summed E-state index contributed by atoms with van der Waals surface area (Å²) in [5.41, 5.74) is -5.05. The molecule has 11 heteroatoms. The molecule has 0 spiro atoms. The fourth-order valence-electron chi connectivity index (χ4n) is 3.78. The molecule has 0 aromatic carbocycles. The number of rotatable bonds is 3. The van der Waals surface area contributed by atoms with Gasteiger partial charge in [-0.1, -0.05) is 13.0 Å². The molecule has 0 radical (unpaired) electrons. The van der Waals surface area contributed by atoms with E-state index >= 15 is 0 Å².